The molecule has 0 radical (unpaired) electrons. The maximum atomic E-state index is 13.0. The minimum atomic E-state index is -0.100. The normalized spacial score (nSPS) is 10.6. The summed E-state index contributed by atoms with van der Waals surface area (Å²) >= 11 is 0. The molecule has 31 heavy (non-hydrogen) atoms. The maximum Gasteiger partial charge on any atom is 0.254 e. The number of benzene rings is 2. The SMILES string of the molecule is COc1cc(C)c(CN(C)C(=O)c2cccc(OCc3c(C)noc3C)c2)cc1OC. The Hall–Kier alpha value is -3.48. The topological polar surface area (TPSA) is 74.0 Å². The molecule has 1 amide bonds. The Morgan fingerprint density at radius 3 is 2.42 bits per heavy atom. The van der Waals surface area contributed by atoms with Crippen LogP contribution in [0.15, 0.2) is 40.9 Å². The van der Waals surface area contributed by atoms with Crippen LogP contribution in [0, 0.1) is 20.8 Å². The van der Waals surface area contributed by atoms with Crippen molar-refractivity contribution in [3.8, 4) is 17.2 Å². The summed E-state index contributed by atoms with van der Waals surface area (Å²) in [5.74, 6) is 2.55. The number of hydrogen-bond acceptors (Lipinski definition) is 6. The van der Waals surface area contributed by atoms with Gasteiger partial charge in [-0.25, -0.2) is 0 Å². The van der Waals surface area contributed by atoms with E-state index in [0.717, 1.165) is 28.1 Å². The summed E-state index contributed by atoms with van der Waals surface area (Å²) in [5, 5.41) is 3.93. The van der Waals surface area contributed by atoms with E-state index < -0.39 is 0 Å². The molecule has 3 aromatic rings. The number of ether oxygens (including phenoxy) is 3. The van der Waals surface area contributed by atoms with Gasteiger partial charge >= 0.3 is 0 Å². The highest BCUT2D eigenvalue weighted by Gasteiger charge is 2.16. The average Bonchev–Trinajstić information content (AvgIpc) is 3.10. The summed E-state index contributed by atoms with van der Waals surface area (Å²) < 4.78 is 21.8. The van der Waals surface area contributed by atoms with Gasteiger partial charge in [-0.15, -0.1) is 0 Å². The molecular formula is C24H28N2O5. The molecular weight excluding hydrogens is 396 g/mol. The third-order valence-corrected chi connectivity index (χ3v) is 5.24. The molecule has 7 nitrogen and oxygen atoms in total. The third kappa shape index (κ3) is 4.99. The number of methoxy groups -OCH3 is 2. The molecule has 1 aromatic heterocycles. The van der Waals surface area contributed by atoms with Crippen LogP contribution < -0.4 is 14.2 Å². The van der Waals surface area contributed by atoms with Crippen LogP contribution in [0.2, 0.25) is 0 Å². The van der Waals surface area contributed by atoms with E-state index in [1.807, 2.05) is 45.0 Å². The van der Waals surface area contributed by atoms with Crippen LogP contribution in [-0.4, -0.2) is 37.2 Å². The Balaban J connectivity index is 1.72. The zero-order chi connectivity index (χ0) is 22.5. The van der Waals surface area contributed by atoms with Crippen LogP contribution in [0.1, 0.15) is 38.5 Å². The van der Waals surface area contributed by atoms with Crippen molar-refractivity contribution in [3.05, 3.63) is 70.1 Å². The van der Waals surface area contributed by atoms with E-state index in [4.69, 9.17) is 18.7 Å². The van der Waals surface area contributed by atoms with Crippen LogP contribution in [0.3, 0.4) is 0 Å². The Morgan fingerprint density at radius 1 is 1.06 bits per heavy atom. The fraction of sp³-hybridized carbons (Fsp3) is 0.333. The van der Waals surface area contributed by atoms with Gasteiger partial charge in [-0.1, -0.05) is 11.2 Å². The summed E-state index contributed by atoms with van der Waals surface area (Å²) in [6.07, 6.45) is 0. The van der Waals surface area contributed by atoms with Crippen molar-refractivity contribution in [2.24, 2.45) is 0 Å². The van der Waals surface area contributed by atoms with Crippen molar-refractivity contribution in [2.45, 2.75) is 33.9 Å². The first kappa shape index (κ1) is 22.2. The van der Waals surface area contributed by atoms with Crippen molar-refractivity contribution in [3.63, 3.8) is 0 Å². The molecule has 0 saturated carbocycles. The van der Waals surface area contributed by atoms with Crippen LogP contribution in [-0.2, 0) is 13.2 Å². The molecule has 0 aliphatic heterocycles. The summed E-state index contributed by atoms with van der Waals surface area (Å²) in [5.41, 5.74) is 4.28. The predicted octanol–water partition coefficient (Wildman–Crippen LogP) is 4.47. The van der Waals surface area contributed by atoms with Gasteiger partial charge in [-0.2, -0.15) is 0 Å². The Kier molecular flexibility index (Phi) is 6.84. The minimum absolute atomic E-state index is 0.100. The second-order valence-corrected chi connectivity index (χ2v) is 7.41. The van der Waals surface area contributed by atoms with E-state index in [-0.39, 0.29) is 5.91 Å². The Bertz CT molecular complexity index is 1050. The van der Waals surface area contributed by atoms with E-state index in [1.54, 1.807) is 38.3 Å². The number of carbonyl (C=O) groups is 1. The van der Waals surface area contributed by atoms with Crippen molar-refractivity contribution in [1.29, 1.82) is 0 Å². The standard InChI is InChI=1S/C24H28N2O5/c1-15-10-22(28-5)23(29-6)12-19(15)13-26(4)24(27)18-8-7-9-20(11-18)30-14-21-16(2)25-31-17(21)3/h7-12H,13-14H2,1-6H3. The summed E-state index contributed by atoms with van der Waals surface area (Å²) in [6, 6.07) is 11.0. The van der Waals surface area contributed by atoms with Gasteiger partial charge in [0, 0.05) is 19.2 Å². The van der Waals surface area contributed by atoms with Gasteiger partial charge in [0.1, 0.15) is 18.1 Å². The van der Waals surface area contributed by atoms with Crippen LogP contribution >= 0.6 is 0 Å². The molecule has 0 aliphatic rings. The first-order valence-electron chi connectivity index (χ1n) is 9.95. The van der Waals surface area contributed by atoms with Crippen LogP contribution in [0.25, 0.3) is 0 Å². The van der Waals surface area contributed by atoms with Gasteiger partial charge in [0.15, 0.2) is 11.5 Å². The lowest BCUT2D eigenvalue weighted by Crippen LogP contribution is -2.26. The van der Waals surface area contributed by atoms with Crippen molar-refractivity contribution >= 4 is 5.91 Å². The summed E-state index contributed by atoms with van der Waals surface area (Å²) in [4.78, 5) is 14.7. The molecule has 0 spiro atoms. The lowest BCUT2D eigenvalue weighted by Gasteiger charge is -2.20. The highest BCUT2D eigenvalue weighted by molar-refractivity contribution is 5.94. The fourth-order valence-corrected chi connectivity index (χ4v) is 3.32. The monoisotopic (exact) mass is 424 g/mol. The zero-order valence-corrected chi connectivity index (χ0v) is 18.8. The van der Waals surface area contributed by atoms with E-state index in [2.05, 4.69) is 5.16 Å². The van der Waals surface area contributed by atoms with Crippen molar-refractivity contribution in [1.82, 2.24) is 10.1 Å². The van der Waals surface area contributed by atoms with Crippen molar-refractivity contribution in [2.75, 3.05) is 21.3 Å². The molecule has 0 atom stereocenters. The second-order valence-electron chi connectivity index (χ2n) is 7.41. The third-order valence-electron chi connectivity index (χ3n) is 5.24. The largest absolute Gasteiger partial charge is 0.493 e. The highest BCUT2D eigenvalue weighted by Crippen LogP contribution is 2.31. The lowest BCUT2D eigenvalue weighted by molar-refractivity contribution is 0.0784. The number of aryl methyl sites for hydroxylation is 3. The van der Waals surface area contributed by atoms with Gasteiger partial charge < -0.3 is 23.6 Å². The average molecular weight is 424 g/mol. The number of rotatable bonds is 8. The maximum absolute atomic E-state index is 13.0. The molecule has 0 aliphatic carbocycles. The number of nitrogens with zero attached hydrogens (tertiary/aromatic N) is 2. The van der Waals surface area contributed by atoms with Gasteiger partial charge in [0.2, 0.25) is 0 Å². The van der Waals surface area contributed by atoms with Gasteiger partial charge in [-0.3, -0.25) is 4.79 Å². The first-order valence-corrected chi connectivity index (χ1v) is 9.95. The van der Waals surface area contributed by atoms with E-state index >= 15 is 0 Å². The van der Waals surface area contributed by atoms with Crippen LogP contribution in [0.4, 0.5) is 0 Å². The molecule has 7 heteroatoms. The van der Waals surface area contributed by atoms with E-state index in [9.17, 15) is 4.79 Å². The summed E-state index contributed by atoms with van der Waals surface area (Å²) in [7, 11) is 4.98. The van der Waals surface area contributed by atoms with Gasteiger partial charge in [0.25, 0.3) is 5.91 Å². The molecule has 1 heterocycles. The van der Waals surface area contributed by atoms with Crippen LogP contribution in [0.5, 0.6) is 17.2 Å². The number of amides is 1. The van der Waals surface area contributed by atoms with E-state index in [0.29, 0.717) is 36.0 Å². The lowest BCUT2D eigenvalue weighted by atomic mass is 10.1. The number of hydrogen-bond donors (Lipinski definition) is 0. The second kappa shape index (κ2) is 9.55. The first-order chi connectivity index (χ1) is 14.8. The molecule has 3 rings (SSSR count). The molecule has 0 saturated heterocycles. The Labute approximate surface area is 182 Å². The Morgan fingerprint density at radius 2 is 1.77 bits per heavy atom. The predicted molar refractivity (Wildman–Crippen MR) is 117 cm³/mol. The number of carbonyl (C=O) groups excluding carboxylic acids is 1. The number of aromatic nitrogens is 1. The fourth-order valence-electron chi connectivity index (χ4n) is 3.32. The smallest absolute Gasteiger partial charge is 0.254 e. The molecule has 0 unspecified atom stereocenters. The molecule has 164 valence electrons. The quantitative estimate of drug-likeness (QED) is 0.531. The zero-order valence-electron chi connectivity index (χ0n) is 18.8. The van der Waals surface area contributed by atoms with Gasteiger partial charge in [0.05, 0.1) is 25.5 Å². The minimum Gasteiger partial charge on any atom is -0.493 e. The highest BCUT2D eigenvalue weighted by atomic mass is 16.5. The van der Waals surface area contributed by atoms with E-state index in [1.165, 1.54) is 0 Å². The van der Waals surface area contributed by atoms with Crippen molar-refractivity contribution < 1.29 is 23.5 Å². The molecule has 0 bridgehead atoms. The molecule has 2 aromatic carbocycles. The molecule has 0 N–H and O–H groups in total. The van der Waals surface area contributed by atoms with Gasteiger partial charge in [-0.05, 0) is 62.2 Å². The summed E-state index contributed by atoms with van der Waals surface area (Å²) in [6.45, 7) is 6.48. The molecule has 0 fully saturated rings.